The summed E-state index contributed by atoms with van der Waals surface area (Å²) < 4.78 is 1.86. The van der Waals surface area contributed by atoms with Crippen molar-refractivity contribution in [3.63, 3.8) is 0 Å². The Morgan fingerprint density at radius 1 is 1.00 bits per heavy atom. The highest BCUT2D eigenvalue weighted by molar-refractivity contribution is 5.99. The van der Waals surface area contributed by atoms with Gasteiger partial charge in [-0.05, 0) is 19.1 Å². The molecule has 1 aromatic heterocycles. The largest absolute Gasteiger partial charge is 0.370 e. The maximum atomic E-state index is 6.02. The van der Waals surface area contributed by atoms with Crippen LogP contribution in [0.25, 0.3) is 16.9 Å². The van der Waals surface area contributed by atoms with Crippen LogP contribution in [-0.4, -0.2) is 40.7 Å². The Bertz CT molecular complexity index is 1030. The molecule has 0 aliphatic carbocycles. The van der Waals surface area contributed by atoms with E-state index in [1.807, 2.05) is 60.2 Å². The number of para-hydroxylation sites is 1. The third-order valence-electron chi connectivity index (χ3n) is 4.54. The average molecular weight is 373 g/mol. The van der Waals surface area contributed by atoms with Crippen LogP contribution in [0.2, 0.25) is 0 Å². The highest BCUT2D eigenvalue weighted by atomic mass is 15.4. The van der Waals surface area contributed by atoms with Crippen LogP contribution in [0.15, 0.2) is 70.8 Å². The number of hydrogen-bond acceptors (Lipinski definition) is 6. The van der Waals surface area contributed by atoms with E-state index in [-0.39, 0.29) is 0 Å². The van der Waals surface area contributed by atoms with Crippen molar-refractivity contribution in [2.24, 2.45) is 15.7 Å². The fraction of sp³-hybridized carbons (Fsp3) is 0.190. The van der Waals surface area contributed by atoms with E-state index in [0.717, 1.165) is 22.5 Å². The Balaban J connectivity index is 1.86. The minimum absolute atomic E-state index is 0.339. The lowest BCUT2D eigenvalue weighted by Gasteiger charge is -2.23. The standard InChI is InChI=1S/C21H23N7/c1-14-9-11-15(12-10-14)18-17(13-28(26-18)16-7-5-4-6-8-16)19-23-20(22)25-21(24-19)27(2)3/h4-13,19H,1-3H3,(H3,22,23,24,25). The number of benzene rings is 2. The second kappa shape index (κ2) is 7.19. The molecule has 28 heavy (non-hydrogen) atoms. The van der Waals surface area contributed by atoms with Crippen LogP contribution in [0.5, 0.6) is 0 Å². The summed E-state index contributed by atoms with van der Waals surface area (Å²) in [6.45, 7) is 2.07. The normalized spacial score (nSPS) is 16.2. The van der Waals surface area contributed by atoms with E-state index in [1.165, 1.54) is 5.56 Å². The van der Waals surface area contributed by atoms with E-state index in [1.54, 1.807) is 0 Å². The molecule has 0 radical (unpaired) electrons. The third kappa shape index (κ3) is 3.46. The van der Waals surface area contributed by atoms with Crippen molar-refractivity contribution in [1.82, 2.24) is 20.0 Å². The second-order valence-corrected chi connectivity index (χ2v) is 6.94. The van der Waals surface area contributed by atoms with Gasteiger partial charge in [-0.15, -0.1) is 0 Å². The van der Waals surface area contributed by atoms with Gasteiger partial charge in [-0.2, -0.15) is 5.10 Å². The van der Waals surface area contributed by atoms with Crippen molar-refractivity contribution >= 4 is 11.9 Å². The first kappa shape index (κ1) is 17.8. The van der Waals surface area contributed by atoms with Crippen molar-refractivity contribution in [2.45, 2.75) is 13.1 Å². The lowest BCUT2D eigenvalue weighted by atomic mass is 10.1. The molecule has 1 atom stereocenters. The Hall–Kier alpha value is -3.61. The number of aryl methyl sites for hydroxylation is 1. The molecule has 2 aromatic carbocycles. The second-order valence-electron chi connectivity index (χ2n) is 6.94. The molecule has 3 N–H and O–H groups in total. The Kier molecular flexibility index (Phi) is 4.57. The number of nitrogens with one attached hydrogen (secondary N) is 1. The molecule has 2 heterocycles. The van der Waals surface area contributed by atoms with Crippen LogP contribution in [-0.2, 0) is 0 Å². The summed E-state index contributed by atoms with van der Waals surface area (Å²) in [5.41, 5.74) is 11.0. The van der Waals surface area contributed by atoms with Crippen LogP contribution in [0.4, 0.5) is 0 Å². The Morgan fingerprint density at radius 2 is 1.71 bits per heavy atom. The van der Waals surface area contributed by atoms with Gasteiger partial charge in [-0.1, -0.05) is 48.0 Å². The molecule has 4 rings (SSSR count). The molecule has 3 aromatic rings. The smallest absolute Gasteiger partial charge is 0.202 e. The lowest BCUT2D eigenvalue weighted by Crippen LogP contribution is -2.46. The van der Waals surface area contributed by atoms with E-state index in [0.29, 0.717) is 11.9 Å². The van der Waals surface area contributed by atoms with Crippen molar-refractivity contribution in [3.05, 3.63) is 71.9 Å². The molecule has 0 amide bonds. The summed E-state index contributed by atoms with van der Waals surface area (Å²) in [6, 6.07) is 18.3. The van der Waals surface area contributed by atoms with Crippen LogP contribution in [0, 0.1) is 6.92 Å². The van der Waals surface area contributed by atoms with E-state index in [4.69, 9.17) is 15.8 Å². The summed E-state index contributed by atoms with van der Waals surface area (Å²) in [6.07, 6.45) is 1.51. The molecular formula is C21H23N7. The molecule has 142 valence electrons. The fourth-order valence-corrected chi connectivity index (χ4v) is 3.05. The summed E-state index contributed by atoms with van der Waals surface area (Å²) in [7, 11) is 3.82. The molecule has 7 heteroatoms. The van der Waals surface area contributed by atoms with Gasteiger partial charge in [-0.25, -0.2) is 14.7 Å². The fourth-order valence-electron chi connectivity index (χ4n) is 3.05. The molecule has 0 spiro atoms. The zero-order valence-corrected chi connectivity index (χ0v) is 16.2. The number of guanidine groups is 2. The molecular weight excluding hydrogens is 350 g/mol. The minimum Gasteiger partial charge on any atom is -0.370 e. The highest BCUT2D eigenvalue weighted by Gasteiger charge is 2.24. The minimum atomic E-state index is -0.465. The monoisotopic (exact) mass is 373 g/mol. The first-order chi connectivity index (χ1) is 13.5. The van der Waals surface area contributed by atoms with Crippen LogP contribution >= 0.6 is 0 Å². The molecule has 1 aliphatic heterocycles. The number of nitrogens with two attached hydrogens (primary N) is 1. The zero-order chi connectivity index (χ0) is 19.7. The molecule has 0 fully saturated rings. The van der Waals surface area contributed by atoms with Crippen molar-refractivity contribution < 1.29 is 0 Å². The summed E-state index contributed by atoms with van der Waals surface area (Å²) in [4.78, 5) is 11.1. The van der Waals surface area contributed by atoms with Gasteiger partial charge in [0.15, 0.2) is 12.1 Å². The maximum Gasteiger partial charge on any atom is 0.202 e. The van der Waals surface area contributed by atoms with Crippen molar-refractivity contribution in [1.29, 1.82) is 0 Å². The quantitative estimate of drug-likeness (QED) is 0.739. The van der Waals surface area contributed by atoms with Crippen LogP contribution in [0.3, 0.4) is 0 Å². The average Bonchev–Trinajstić information content (AvgIpc) is 3.14. The topological polar surface area (TPSA) is 83.8 Å². The van der Waals surface area contributed by atoms with Gasteiger partial charge in [0.05, 0.1) is 5.69 Å². The van der Waals surface area contributed by atoms with Crippen molar-refractivity contribution in [3.8, 4) is 16.9 Å². The van der Waals surface area contributed by atoms with Crippen molar-refractivity contribution in [2.75, 3.05) is 14.1 Å². The molecule has 1 unspecified atom stereocenters. The zero-order valence-electron chi connectivity index (χ0n) is 16.2. The SMILES string of the molecule is Cc1ccc(-c2nn(-c3ccccc3)cc2C2N=C(N)NC(N(C)C)=N2)cc1. The van der Waals surface area contributed by atoms with Gasteiger partial charge < -0.3 is 10.6 Å². The van der Waals surface area contributed by atoms with E-state index in [2.05, 4.69) is 41.5 Å². The van der Waals surface area contributed by atoms with E-state index >= 15 is 0 Å². The highest BCUT2D eigenvalue weighted by Crippen LogP contribution is 2.32. The van der Waals surface area contributed by atoms with Gasteiger partial charge >= 0.3 is 0 Å². The number of aliphatic imine (C=N–C) groups is 2. The predicted molar refractivity (Wildman–Crippen MR) is 112 cm³/mol. The Labute approximate surface area is 164 Å². The summed E-state index contributed by atoms with van der Waals surface area (Å²) in [5.74, 6) is 1.01. The van der Waals surface area contributed by atoms with Crippen LogP contribution < -0.4 is 11.1 Å². The van der Waals surface area contributed by atoms with Gasteiger partial charge in [0.25, 0.3) is 0 Å². The Morgan fingerprint density at radius 3 is 2.39 bits per heavy atom. The first-order valence-electron chi connectivity index (χ1n) is 9.09. The molecule has 0 bridgehead atoms. The van der Waals surface area contributed by atoms with Gasteiger partial charge in [-0.3, -0.25) is 5.32 Å². The van der Waals surface area contributed by atoms with E-state index < -0.39 is 6.17 Å². The number of hydrogen-bond donors (Lipinski definition) is 2. The van der Waals surface area contributed by atoms with Gasteiger partial charge in [0.2, 0.25) is 5.96 Å². The van der Waals surface area contributed by atoms with E-state index in [9.17, 15) is 0 Å². The first-order valence-corrected chi connectivity index (χ1v) is 9.09. The number of nitrogens with zero attached hydrogens (tertiary/aromatic N) is 5. The molecule has 7 nitrogen and oxygen atoms in total. The summed E-state index contributed by atoms with van der Waals surface area (Å²) >= 11 is 0. The number of aromatic nitrogens is 2. The maximum absolute atomic E-state index is 6.02. The van der Waals surface area contributed by atoms with Crippen LogP contribution in [0.1, 0.15) is 17.3 Å². The van der Waals surface area contributed by atoms with Gasteiger partial charge in [0, 0.05) is 31.4 Å². The predicted octanol–water partition coefficient (Wildman–Crippen LogP) is 2.68. The molecule has 0 saturated carbocycles. The lowest BCUT2D eigenvalue weighted by molar-refractivity contribution is 0.579. The molecule has 0 saturated heterocycles. The third-order valence-corrected chi connectivity index (χ3v) is 4.54. The van der Waals surface area contributed by atoms with Gasteiger partial charge in [0.1, 0.15) is 5.69 Å². The number of rotatable bonds is 3. The summed E-state index contributed by atoms with van der Waals surface area (Å²) in [5, 5.41) is 7.85. The molecule has 1 aliphatic rings.